The number of piperidine rings is 1. The fourth-order valence-corrected chi connectivity index (χ4v) is 4.62. The predicted molar refractivity (Wildman–Crippen MR) is 117 cm³/mol. The van der Waals surface area contributed by atoms with Crippen molar-refractivity contribution in [2.75, 3.05) is 18.8 Å². The molecule has 1 fully saturated rings. The third-order valence-electron chi connectivity index (χ3n) is 6.07. The highest BCUT2D eigenvalue weighted by molar-refractivity contribution is 5.66. The first-order valence-corrected chi connectivity index (χ1v) is 10.3. The van der Waals surface area contributed by atoms with Gasteiger partial charge in [0.05, 0.1) is 23.8 Å². The van der Waals surface area contributed by atoms with E-state index in [4.69, 9.17) is 11.0 Å². The SMILES string of the molecule is C[C@@H]1C[C@@H](NC(=O)O)C[N+](c2cc(-c3cc(F)c(C#N)c(F)c3)nc(N)n2)(C(C)(C)C)C1. The normalized spacial score (nSPS) is 23.4. The number of quaternary nitrogens is 1. The van der Waals surface area contributed by atoms with Crippen LogP contribution in [0.3, 0.4) is 0 Å². The molecule has 2 heterocycles. The molecule has 32 heavy (non-hydrogen) atoms. The molecule has 1 unspecified atom stereocenters. The van der Waals surface area contributed by atoms with Crippen molar-refractivity contribution < 1.29 is 18.7 Å². The molecule has 1 aromatic heterocycles. The summed E-state index contributed by atoms with van der Waals surface area (Å²) in [4.78, 5) is 20.0. The number of hydrogen-bond donors (Lipinski definition) is 3. The first kappa shape index (κ1) is 23.3. The van der Waals surface area contributed by atoms with Crippen molar-refractivity contribution in [3.8, 4) is 17.3 Å². The smallest absolute Gasteiger partial charge is 0.405 e. The van der Waals surface area contributed by atoms with Gasteiger partial charge in [0.25, 0.3) is 0 Å². The molecule has 170 valence electrons. The van der Waals surface area contributed by atoms with Gasteiger partial charge in [-0.3, -0.25) is 4.48 Å². The molecule has 0 spiro atoms. The highest BCUT2D eigenvalue weighted by atomic mass is 19.1. The van der Waals surface area contributed by atoms with E-state index in [1.54, 1.807) is 6.07 Å². The Morgan fingerprint density at radius 1 is 1.25 bits per heavy atom. The Hall–Kier alpha value is -3.32. The standard InChI is InChI=1S/C22H26F2N6O2/c1-12-5-14(27-21(31)32)11-30(10-12,22(2,3)4)19-8-18(28-20(26)29-19)13-6-16(23)15(9-25)17(24)7-13/h6-8,12,14,27H,5,10-11H2,1-4H3,(H2-,26,28,29,31,32)/p+1/t12-,14-,30?/m1/s1. The Morgan fingerprint density at radius 3 is 2.41 bits per heavy atom. The van der Waals surface area contributed by atoms with Crippen LogP contribution in [0.25, 0.3) is 11.3 Å². The number of nitriles is 1. The monoisotopic (exact) mass is 445 g/mol. The summed E-state index contributed by atoms with van der Waals surface area (Å²) < 4.78 is 28.8. The minimum atomic E-state index is -1.09. The number of aromatic nitrogens is 2. The lowest BCUT2D eigenvalue weighted by atomic mass is 9.87. The summed E-state index contributed by atoms with van der Waals surface area (Å²) in [6.07, 6.45) is -0.412. The molecule has 3 atom stereocenters. The van der Waals surface area contributed by atoms with Gasteiger partial charge in [0, 0.05) is 17.5 Å². The average Bonchev–Trinajstić information content (AvgIpc) is 2.65. The van der Waals surface area contributed by atoms with Gasteiger partial charge in [-0.15, -0.1) is 0 Å². The van der Waals surface area contributed by atoms with E-state index in [0.29, 0.717) is 29.8 Å². The van der Waals surface area contributed by atoms with Crippen LogP contribution in [0.15, 0.2) is 18.2 Å². The Morgan fingerprint density at radius 2 is 1.88 bits per heavy atom. The van der Waals surface area contributed by atoms with E-state index in [2.05, 4.69) is 15.3 Å². The van der Waals surface area contributed by atoms with Crippen molar-refractivity contribution in [2.24, 2.45) is 5.92 Å². The zero-order valence-electron chi connectivity index (χ0n) is 18.5. The summed E-state index contributed by atoms with van der Waals surface area (Å²) in [7, 11) is 0. The molecule has 1 aromatic carbocycles. The van der Waals surface area contributed by atoms with Crippen LogP contribution in [0.4, 0.5) is 25.3 Å². The molecule has 3 rings (SSSR count). The van der Waals surface area contributed by atoms with Crippen molar-refractivity contribution in [1.29, 1.82) is 5.26 Å². The van der Waals surface area contributed by atoms with Gasteiger partial charge in [-0.1, -0.05) is 6.92 Å². The number of amides is 1. The molecular formula is C22H27F2N6O2+. The van der Waals surface area contributed by atoms with Gasteiger partial charge in [-0.2, -0.15) is 10.2 Å². The van der Waals surface area contributed by atoms with Gasteiger partial charge in [-0.05, 0) is 39.3 Å². The third kappa shape index (κ3) is 4.34. The van der Waals surface area contributed by atoms with Crippen molar-refractivity contribution in [3.63, 3.8) is 0 Å². The highest BCUT2D eigenvalue weighted by Crippen LogP contribution is 2.39. The van der Waals surface area contributed by atoms with E-state index in [9.17, 15) is 18.7 Å². The number of hydrogen-bond acceptors (Lipinski definition) is 5. The fourth-order valence-electron chi connectivity index (χ4n) is 4.62. The van der Waals surface area contributed by atoms with Gasteiger partial charge in [-0.25, -0.2) is 18.6 Å². The van der Waals surface area contributed by atoms with Crippen LogP contribution in [0.5, 0.6) is 0 Å². The van der Waals surface area contributed by atoms with Gasteiger partial charge in [0.2, 0.25) is 11.8 Å². The highest BCUT2D eigenvalue weighted by Gasteiger charge is 2.50. The number of carboxylic acid groups (broad SMARTS) is 1. The van der Waals surface area contributed by atoms with Crippen LogP contribution in [0.2, 0.25) is 0 Å². The van der Waals surface area contributed by atoms with E-state index in [1.807, 2.05) is 27.7 Å². The molecule has 0 saturated carbocycles. The van der Waals surface area contributed by atoms with E-state index < -0.39 is 28.8 Å². The first-order valence-electron chi connectivity index (χ1n) is 10.3. The number of carbonyl (C=O) groups is 1. The summed E-state index contributed by atoms with van der Waals surface area (Å²) in [6, 6.07) is 4.92. The first-order chi connectivity index (χ1) is 14.9. The van der Waals surface area contributed by atoms with Crippen molar-refractivity contribution >= 4 is 17.9 Å². The van der Waals surface area contributed by atoms with Gasteiger partial charge < -0.3 is 16.2 Å². The van der Waals surface area contributed by atoms with Crippen LogP contribution in [-0.2, 0) is 0 Å². The lowest BCUT2D eigenvalue weighted by Crippen LogP contribution is -2.70. The van der Waals surface area contributed by atoms with Crippen LogP contribution in [0.1, 0.15) is 39.7 Å². The lowest BCUT2D eigenvalue weighted by molar-refractivity contribution is 0.0652. The molecule has 1 aliphatic heterocycles. The third-order valence-corrected chi connectivity index (χ3v) is 6.07. The number of nitrogens with two attached hydrogens (primary N) is 1. The molecule has 1 saturated heterocycles. The number of benzene rings is 1. The molecular weight excluding hydrogens is 418 g/mol. The number of nitrogens with zero attached hydrogens (tertiary/aromatic N) is 4. The Bertz CT molecular complexity index is 1070. The number of anilines is 1. The predicted octanol–water partition coefficient (Wildman–Crippen LogP) is 3.66. The van der Waals surface area contributed by atoms with Crippen LogP contribution < -0.4 is 15.5 Å². The number of nitrogens with one attached hydrogen (secondary N) is 1. The Kier molecular flexibility index (Phi) is 6.07. The molecule has 4 N–H and O–H groups in total. The molecule has 0 radical (unpaired) electrons. The molecule has 0 aliphatic carbocycles. The van der Waals surface area contributed by atoms with Crippen molar-refractivity contribution in [2.45, 2.75) is 45.7 Å². The maximum atomic E-state index is 14.2. The molecule has 0 bridgehead atoms. The summed E-state index contributed by atoms with van der Waals surface area (Å²) in [5, 5.41) is 20.8. The molecule has 8 nitrogen and oxygen atoms in total. The van der Waals surface area contributed by atoms with E-state index >= 15 is 0 Å². The zero-order chi connectivity index (χ0) is 23.8. The minimum Gasteiger partial charge on any atom is -0.465 e. The lowest BCUT2D eigenvalue weighted by Gasteiger charge is -2.52. The van der Waals surface area contributed by atoms with Crippen LogP contribution in [0, 0.1) is 28.9 Å². The second-order valence-corrected chi connectivity index (χ2v) is 9.39. The summed E-state index contributed by atoms with van der Waals surface area (Å²) in [5.41, 5.74) is 5.30. The largest absolute Gasteiger partial charge is 0.465 e. The van der Waals surface area contributed by atoms with Crippen molar-refractivity contribution in [3.05, 3.63) is 35.4 Å². The summed E-state index contributed by atoms with van der Waals surface area (Å²) >= 11 is 0. The topological polar surface area (TPSA) is 125 Å². The van der Waals surface area contributed by atoms with Crippen molar-refractivity contribution in [1.82, 2.24) is 19.8 Å². The summed E-state index contributed by atoms with van der Waals surface area (Å²) in [5.74, 6) is -1.33. The van der Waals surface area contributed by atoms with Gasteiger partial charge in [0.15, 0.2) is 0 Å². The molecule has 1 amide bonds. The molecule has 1 aliphatic rings. The number of rotatable bonds is 3. The van der Waals surface area contributed by atoms with Gasteiger partial charge in [0.1, 0.15) is 29.8 Å². The molecule has 2 aromatic rings. The number of nitrogen functional groups attached to an aromatic ring is 1. The van der Waals surface area contributed by atoms with Crippen LogP contribution in [-0.4, -0.2) is 45.8 Å². The number of halogens is 2. The van der Waals surface area contributed by atoms with Crippen LogP contribution >= 0.6 is 0 Å². The van der Waals surface area contributed by atoms with E-state index in [-0.39, 0.29) is 29.2 Å². The minimum absolute atomic E-state index is 0.0644. The van der Waals surface area contributed by atoms with Gasteiger partial charge >= 0.3 is 6.09 Å². The van der Waals surface area contributed by atoms with E-state index in [1.165, 1.54) is 6.07 Å². The quantitative estimate of drug-likeness (QED) is 0.619. The second-order valence-electron chi connectivity index (χ2n) is 9.39. The summed E-state index contributed by atoms with van der Waals surface area (Å²) in [6.45, 7) is 9.25. The maximum absolute atomic E-state index is 14.2. The zero-order valence-corrected chi connectivity index (χ0v) is 18.5. The fraction of sp³-hybridized carbons (Fsp3) is 0.455. The Labute approximate surface area is 185 Å². The number of likely N-dealkylation sites (tertiary alicyclic amines) is 1. The second kappa shape index (κ2) is 8.31. The Balaban J connectivity index is 2.17. The van der Waals surface area contributed by atoms with E-state index in [0.717, 1.165) is 12.1 Å². The molecule has 10 heteroatoms. The maximum Gasteiger partial charge on any atom is 0.405 e. The average molecular weight is 445 g/mol.